The lowest BCUT2D eigenvalue weighted by atomic mass is 9.90. The van der Waals surface area contributed by atoms with Crippen LogP contribution in [-0.4, -0.2) is 16.4 Å². The Morgan fingerprint density at radius 2 is 1.48 bits per heavy atom. The van der Waals surface area contributed by atoms with Gasteiger partial charge in [-0.15, -0.1) is 10.3 Å². The third-order valence-electron chi connectivity index (χ3n) is 4.91. The van der Waals surface area contributed by atoms with E-state index in [9.17, 15) is 10.0 Å². The van der Waals surface area contributed by atoms with Crippen molar-refractivity contribution in [1.82, 2.24) is 5.06 Å². The Balaban J connectivity index is 2.00. The first-order valence-corrected chi connectivity index (χ1v) is 10.0. The lowest BCUT2D eigenvalue weighted by Crippen LogP contribution is -2.41. The van der Waals surface area contributed by atoms with Crippen LogP contribution >= 0.6 is 11.6 Å². The monoisotopic (exact) mass is 406 g/mol. The Labute approximate surface area is 177 Å². The van der Waals surface area contributed by atoms with Crippen LogP contribution in [0.25, 0.3) is 0 Å². The van der Waals surface area contributed by atoms with Crippen LogP contribution in [0.2, 0.25) is 5.02 Å². The first kappa shape index (κ1) is 21.3. The van der Waals surface area contributed by atoms with E-state index in [0.717, 1.165) is 16.2 Å². The molecule has 0 bridgehead atoms. The van der Waals surface area contributed by atoms with E-state index in [0.29, 0.717) is 22.6 Å². The topological polar surface area (TPSA) is 40.2 Å². The van der Waals surface area contributed by atoms with Gasteiger partial charge in [0.2, 0.25) is 0 Å². The molecule has 3 nitrogen and oxygen atoms in total. The van der Waals surface area contributed by atoms with Crippen molar-refractivity contribution in [2.24, 2.45) is 0 Å². The predicted octanol–water partition coefficient (Wildman–Crippen LogP) is 6.30. The molecule has 1 unspecified atom stereocenters. The quantitative estimate of drug-likeness (QED) is 0.356. The first-order valence-electron chi connectivity index (χ1n) is 9.67. The summed E-state index contributed by atoms with van der Waals surface area (Å²) in [4.78, 5) is 13.1. The Morgan fingerprint density at radius 3 is 2.10 bits per heavy atom. The molecule has 4 heteroatoms. The van der Waals surface area contributed by atoms with Gasteiger partial charge in [0.05, 0.1) is 6.04 Å². The number of rotatable bonds is 6. The van der Waals surface area contributed by atoms with Gasteiger partial charge in [0, 0.05) is 21.7 Å². The van der Waals surface area contributed by atoms with E-state index in [1.54, 1.807) is 12.1 Å². The lowest BCUT2D eigenvalue weighted by molar-refractivity contribution is -0.241. The molecule has 3 aromatic rings. The molecule has 0 amide bonds. The molecule has 3 rings (SSSR count). The van der Waals surface area contributed by atoms with Crippen LogP contribution in [0.5, 0.6) is 0 Å². The van der Waals surface area contributed by atoms with Crippen molar-refractivity contribution >= 4 is 17.4 Å². The van der Waals surface area contributed by atoms with Gasteiger partial charge in [-0.2, -0.15) is 0 Å². The maximum absolute atomic E-state index is 13.2. The van der Waals surface area contributed by atoms with Crippen LogP contribution < -0.4 is 0 Å². The molecule has 1 atom stereocenters. The van der Waals surface area contributed by atoms with Crippen LogP contribution in [0.15, 0.2) is 78.9 Å². The number of nitrogens with zero attached hydrogens (tertiary/aromatic N) is 1. The second kappa shape index (κ2) is 8.91. The normalized spacial score (nSPS) is 12.8. The number of carbonyl (C=O) groups is 1. The summed E-state index contributed by atoms with van der Waals surface area (Å²) in [5, 5.41) is 14.9. The fourth-order valence-electron chi connectivity index (χ4n) is 3.36. The van der Waals surface area contributed by atoms with Crippen LogP contribution in [0, 0.1) is 0 Å². The predicted molar refractivity (Wildman–Crippen MR) is 116 cm³/mol. The zero-order valence-electron chi connectivity index (χ0n) is 16.9. The molecule has 1 radical (unpaired) electrons. The number of hydrogen-bond donors (Lipinski definition) is 0. The van der Waals surface area contributed by atoms with E-state index in [-0.39, 0.29) is 5.78 Å². The van der Waals surface area contributed by atoms with Crippen LogP contribution in [-0.2, 0) is 11.6 Å². The number of ketones is 1. The molecule has 0 spiro atoms. The zero-order chi connectivity index (χ0) is 21.0. The van der Waals surface area contributed by atoms with Gasteiger partial charge in [-0.3, -0.25) is 4.79 Å². The summed E-state index contributed by atoms with van der Waals surface area (Å²) in [7, 11) is 0. The van der Waals surface area contributed by atoms with Crippen LogP contribution in [0.3, 0.4) is 0 Å². The minimum Gasteiger partial charge on any atom is -0.289 e. The average molecular weight is 407 g/mol. The summed E-state index contributed by atoms with van der Waals surface area (Å²) >= 11 is 6.04. The summed E-state index contributed by atoms with van der Waals surface area (Å²) in [6.45, 7) is 5.68. The molecule has 0 aliphatic rings. The standard InChI is InChI=1S/C25H25ClNO2/c1-25(2,3)27(29)23(18-13-15-21(26)16-14-18)17-20-11-7-8-12-22(20)24(28)19-9-5-4-6-10-19/h4-16,23H,17H2,1-3H3. The van der Waals surface area contributed by atoms with Crippen molar-refractivity contribution in [3.8, 4) is 0 Å². The summed E-state index contributed by atoms with van der Waals surface area (Å²) in [6, 6.07) is 23.6. The van der Waals surface area contributed by atoms with E-state index >= 15 is 0 Å². The Bertz CT molecular complexity index is 962. The maximum Gasteiger partial charge on any atom is 0.193 e. The minimum absolute atomic E-state index is 0.0377. The molecule has 0 aliphatic heterocycles. The number of hydroxylamine groups is 2. The Kier molecular flexibility index (Phi) is 6.53. The molecule has 149 valence electrons. The van der Waals surface area contributed by atoms with Gasteiger partial charge >= 0.3 is 0 Å². The molecule has 0 saturated heterocycles. The summed E-state index contributed by atoms with van der Waals surface area (Å²) < 4.78 is 0. The number of hydrogen-bond acceptors (Lipinski definition) is 2. The average Bonchev–Trinajstić information content (AvgIpc) is 2.72. The summed E-state index contributed by atoms with van der Waals surface area (Å²) in [5.74, 6) is -0.0377. The highest BCUT2D eigenvalue weighted by Gasteiger charge is 2.31. The summed E-state index contributed by atoms with van der Waals surface area (Å²) in [5.41, 5.74) is 2.41. The highest BCUT2D eigenvalue weighted by atomic mass is 35.5. The van der Waals surface area contributed by atoms with Gasteiger partial charge in [-0.1, -0.05) is 78.3 Å². The fraction of sp³-hybridized carbons (Fsp3) is 0.240. The van der Waals surface area contributed by atoms with Gasteiger partial charge in [0.15, 0.2) is 5.78 Å². The van der Waals surface area contributed by atoms with Crippen molar-refractivity contribution in [1.29, 1.82) is 0 Å². The second-order valence-corrected chi connectivity index (χ2v) is 8.56. The number of benzene rings is 3. The molecule has 0 heterocycles. The van der Waals surface area contributed by atoms with Crippen molar-refractivity contribution in [2.45, 2.75) is 38.8 Å². The smallest absolute Gasteiger partial charge is 0.193 e. The van der Waals surface area contributed by atoms with Gasteiger partial charge < -0.3 is 0 Å². The van der Waals surface area contributed by atoms with Crippen molar-refractivity contribution in [2.75, 3.05) is 0 Å². The van der Waals surface area contributed by atoms with Crippen LogP contribution in [0.1, 0.15) is 53.9 Å². The van der Waals surface area contributed by atoms with E-state index in [1.807, 2.05) is 87.5 Å². The SMILES string of the molecule is CC(C)(C)N([O])C(Cc1ccccc1C(=O)c1ccccc1)c1ccc(Cl)cc1. The second-order valence-electron chi connectivity index (χ2n) is 8.12. The molecular weight excluding hydrogens is 382 g/mol. The molecule has 3 aromatic carbocycles. The third-order valence-corrected chi connectivity index (χ3v) is 5.16. The molecule has 0 saturated carbocycles. The highest BCUT2D eigenvalue weighted by molar-refractivity contribution is 6.30. The fourth-order valence-corrected chi connectivity index (χ4v) is 3.49. The maximum atomic E-state index is 13.2. The van der Waals surface area contributed by atoms with Crippen molar-refractivity contribution < 1.29 is 10.0 Å². The van der Waals surface area contributed by atoms with Gasteiger partial charge in [-0.25, -0.2) is 0 Å². The van der Waals surface area contributed by atoms with Crippen molar-refractivity contribution in [3.63, 3.8) is 0 Å². The number of halogens is 1. The Morgan fingerprint density at radius 1 is 0.897 bits per heavy atom. The minimum atomic E-state index is -0.581. The molecule has 0 fully saturated rings. The lowest BCUT2D eigenvalue weighted by Gasteiger charge is -2.35. The first-order chi connectivity index (χ1) is 13.8. The van der Waals surface area contributed by atoms with E-state index in [1.165, 1.54) is 0 Å². The van der Waals surface area contributed by atoms with Crippen molar-refractivity contribution in [3.05, 3.63) is 106 Å². The molecule has 29 heavy (non-hydrogen) atoms. The van der Waals surface area contributed by atoms with Gasteiger partial charge in [0.25, 0.3) is 0 Å². The molecule has 0 aromatic heterocycles. The van der Waals surface area contributed by atoms with E-state index in [2.05, 4.69) is 0 Å². The van der Waals surface area contributed by atoms with Crippen LogP contribution in [0.4, 0.5) is 0 Å². The molecule has 0 aliphatic carbocycles. The van der Waals surface area contributed by atoms with E-state index < -0.39 is 11.6 Å². The summed E-state index contributed by atoms with van der Waals surface area (Å²) in [6.07, 6.45) is 0.428. The highest BCUT2D eigenvalue weighted by Crippen LogP contribution is 2.32. The molecule has 0 N–H and O–H groups in total. The largest absolute Gasteiger partial charge is 0.289 e. The van der Waals surface area contributed by atoms with Gasteiger partial charge in [0.1, 0.15) is 0 Å². The zero-order valence-corrected chi connectivity index (χ0v) is 17.7. The number of carbonyl (C=O) groups excluding carboxylic acids is 1. The third kappa shape index (κ3) is 5.13. The van der Waals surface area contributed by atoms with E-state index in [4.69, 9.17) is 11.6 Å². The van der Waals surface area contributed by atoms with Gasteiger partial charge in [-0.05, 0) is 50.5 Å². The Hall–Kier alpha value is -2.46. The molecular formula is C25H25ClNO2.